The van der Waals surface area contributed by atoms with E-state index in [1.54, 1.807) is 13.8 Å². The van der Waals surface area contributed by atoms with Crippen molar-refractivity contribution in [3.05, 3.63) is 71.8 Å². The minimum absolute atomic E-state index is 0.185. The van der Waals surface area contributed by atoms with Gasteiger partial charge in [-0.1, -0.05) is 60.7 Å². The Morgan fingerprint density at radius 1 is 1.00 bits per heavy atom. The Hall–Kier alpha value is -3.15. The van der Waals surface area contributed by atoms with Crippen LogP contribution in [0.15, 0.2) is 60.7 Å². The number of esters is 1. The van der Waals surface area contributed by atoms with Gasteiger partial charge in [-0.25, -0.2) is 0 Å². The fourth-order valence-corrected chi connectivity index (χ4v) is 2.88. The first-order chi connectivity index (χ1) is 12.9. The van der Waals surface area contributed by atoms with E-state index in [0.29, 0.717) is 0 Å². The van der Waals surface area contributed by atoms with Gasteiger partial charge in [0.05, 0.1) is 18.4 Å². The van der Waals surface area contributed by atoms with Crippen LogP contribution >= 0.6 is 0 Å². The third-order valence-corrected chi connectivity index (χ3v) is 4.48. The molecule has 0 saturated heterocycles. The highest BCUT2D eigenvalue weighted by atomic mass is 16.5. The van der Waals surface area contributed by atoms with Crippen LogP contribution in [0.25, 0.3) is 0 Å². The summed E-state index contributed by atoms with van der Waals surface area (Å²) in [4.78, 5) is 36.8. The Balaban J connectivity index is 2.37. The van der Waals surface area contributed by atoms with E-state index in [0.717, 1.165) is 11.1 Å². The highest BCUT2D eigenvalue weighted by molar-refractivity contribution is 5.96. The van der Waals surface area contributed by atoms with Gasteiger partial charge in [0, 0.05) is 0 Å². The molecule has 142 valence electrons. The molecule has 6 nitrogen and oxygen atoms in total. The predicted molar refractivity (Wildman–Crippen MR) is 102 cm³/mol. The molecule has 0 radical (unpaired) electrons. The van der Waals surface area contributed by atoms with Crippen molar-refractivity contribution in [2.45, 2.75) is 31.7 Å². The highest BCUT2D eigenvalue weighted by Gasteiger charge is 2.39. The standard InChI is InChI=1S/C21H24N2O4/c1-3-27-18(24)14-17(19(22)25)23-20(26)21(2,15-10-6-4-7-11-15)16-12-8-5-9-13-16/h4-13,17H,3,14H2,1-2H3,(H2,22,25)(H,23,26)/t17-/m1/s1. The van der Waals surface area contributed by atoms with Gasteiger partial charge in [0.2, 0.25) is 11.8 Å². The number of nitrogens with one attached hydrogen (secondary N) is 1. The molecule has 0 fully saturated rings. The number of nitrogens with two attached hydrogens (primary N) is 1. The second kappa shape index (κ2) is 8.98. The van der Waals surface area contributed by atoms with E-state index in [9.17, 15) is 14.4 Å². The molecule has 0 aliphatic rings. The monoisotopic (exact) mass is 368 g/mol. The summed E-state index contributed by atoms with van der Waals surface area (Å²) >= 11 is 0. The van der Waals surface area contributed by atoms with Crippen molar-refractivity contribution in [3.8, 4) is 0 Å². The number of hydrogen-bond donors (Lipinski definition) is 2. The van der Waals surface area contributed by atoms with Gasteiger partial charge in [-0.3, -0.25) is 14.4 Å². The summed E-state index contributed by atoms with van der Waals surface area (Å²) in [5.41, 5.74) is 5.84. The van der Waals surface area contributed by atoms with Gasteiger partial charge in [0.15, 0.2) is 0 Å². The zero-order valence-corrected chi connectivity index (χ0v) is 15.5. The number of ether oxygens (including phenoxy) is 1. The Morgan fingerprint density at radius 3 is 1.89 bits per heavy atom. The van der Waals surface area contributed by atoms with Gasteiger partial charge in [-0.05, 0) is 25.0 Å². The van der Waals surface area contributed by atoms with Crippen molar-refractivity contribution in [1.82, 2.24) is 5.32 Å². The molecule has 0 spiro atoms. The number of rotatable bonds is 8. The molecule has 6 heteroatoms. The lowest BCUT2D eigenvalue weighted by molar-refractivity contribution is -0.145. The second-order valence-electron chi connectivity index (χ2n) is 6.29. The molecule has 2 amide bonds. The summed E-state index contributed by atoms with van der Waals surface area (Å²) in [5, 5.41) is 2.63. The largest absolute Gasteiger partial charge is 0.466 e. The van der Waals surface area contributed by atoms with Gasteiger partial charge in [0.25, 0.3) is 0 Å². The molecule has 2 aromatic carbocycles. The molecule has 1 atom stereocenters. The fourth-order valence-electron chi connectivity index (χ4n) is 2.88. The molecule has 0 unspecified atom stereocenters. The summed E-state index contributed by atoms with van der Waals surface area (Å²) in [5.74, 6) is -1.81. The van der Waals surface area contributed by atoms with Crippen LogP contribution in [0.5, 0.6) is 0 Å². The summed E-state index contributed by atoms with van der Waals surface area (Å²) < 4.78 is 4.86. The van der Waals surface area contributed by atoms with Crippen LogP contribution in [0, 0.1) is 0 Å². The molecule has 0 aliphatic heterocycles. The molecule has 2 rings (SSSR count). The van der Waals surface area contributed by atoms with Crippen LogP contribution in [0.2, 0.25) is 0 Å². The van der Waals surface area contributed by atoms with E-state index in [2.05, 4.69) is 5.32 Å². The average molecular weight is 368 g/mol. The fraction of sp³-hybridized carbons (Fsp3) is 0.286. The Morgan fingerprint density at radius 2 is 1.48 bits per heavy atom. The molecular weight excluding hydrogens is 344 g/mol. The molecule has 27 heavy (non-hydrogen) atoms. The zero-order chi connectivity index (χ0) is 19.9. The van der Waals surface area contributed by atoms with E-state index in [-0.39, 0.29) is 13.0 Å². The summed E-state index contributed by atoms with van der Waals surface area (Å²) in [6.45, 7) is 3.62. The minimum Gasteiger partial charge on any atom is -0.466 e. The first kappa shape index (κ1) is 20.2. The van der Waals surface area contributed by atoms with E-state index >= 15 is 0 Å². The normalized spacial score (nSPS) is 12.1. The summed E-state index contributed by atoms with van der Waals surface area (Å²) in [7, 11) is 0. The van der Waals surface area contributed by atoms with Crippen molar-refractivity contribution in [2.24, 2.45) is 5.73 Å². The first-order valence-corrected chi connectivity index (χ1v) is 8.76. The number of primary amides is 1. The van der Waals surface area contributed by atoms with Gasteiger partial charge in [-0.15, -0.1) is 0 Å². The lowest BCUT2D eigenvalue weighted by Gasteiger charge is -2.31. The first-order valence-electron chi connectivity index (χ1n) is 8.76. The Kier molecular flexibility index (Phi) is 6.71. The Bertz CT molecular complexity index is 751. The quantitative estimate of drug-likeness (QED) is 0.696. The lowest BCUT2D eigenvalue weighted by Crippen LogP contribution is -2.52. The number of carbonyl (C=O) groups is 3. The lowest BCUT2D eigenvalue weighted by atomic mass is 9.75. The van der Waals surface area contributed by atoms with E-state index in [1.807, 2.05) is 60.7 Å². The molecular formula is C21H24N2O4. The average Bonchev–Trinajstić information content (AvgIpc) is 2.68. The van der Waals surface area contributed by atoms with Crippen molar-refractivity contribution in [1.29, 1.82) is 0 Å². The maximum atomic E-state index is 13.2. The molecule has 0 aromatic heterocycles. The maximum absolute atomic E-state index is 13.2. The summed E-state index contributed by atoms with van der Waals surface area (Å²) in [6.07, 6.45) is -0.311. The maximum Gasteiger partial charge on any atom is 0.308 e. The van der Waals surface area contributed by atoms with E-state index < -0.39 is 29.2 Å². The molecule has 3 N–H and O–H groups in total. The smallest absolute Gasteiger partial charge is 0.308 e. The van der Waals surface area contributed by atoms with Crippen molar-refractivity contribution in [3.63, 3.8) is 0 Å². The molecule has 0 heterocycles. The Labute approximate surface area is 158 Å². The third kappa shape index (κ3) is 4.73. The van der Waals surface area contributed by atoms with Crippen LogP contribution in [-0.4, -0.2) is 30.4 Å². The van der Waals surface area contributed by atoms with Gasteiger partial charge < -0.3 is 15.8 Å². The van der Waals surface area contributed by atoms with Crippen molar-refractivity contribution >= 4 is 17.8 Å². The van der Waals surface area contributed by atoms with Crippen LogP contribution in [0.4, 0.5) is 0 Å². The van der Waals surface area contributed by atoms with Gasteiger partial charge in [-0.2, -0.15) is 0 Å². The highest BCUT2D eigenvalue weighted by Crippen LogP contribution is 2.32. The zero-order valence-electron chi connectivity index (χ0n) is 15.5. The number of carbonyl (C=O) groups excluding carboxylic acids is 3. The molecule has 0 bridgehead atoms. The molecule has 2 aromatic rings. The van der Waals surface area contributed by atoms with Crippen LogP contribution in [-0.2, 0) is 24.5 Å². The van der Waals surface area contributed by atoms with Gasteiger partial charge in [0.1, 0.15) is 6.04 Å². The van der Waals surface area contributed by atoms with E-state index in [4.69, 9.17) is 10.5 Å². The summed E-state index contributed by atoms with van der Waals surface area (Å²) in [6, 6.07) is 17.3. The van der Waals surface area contributed by atoms with E-state index in [1.165, 1.54) is 0 Å². The topological polar surface area (TPSA) is 98.5 Å². The van der Waals surface area contributed by atoms with Crippen molar-refractivity contribution in [2.75, 3.05) is 6.61 Å². The second-order valence-corrected chi connectivity index (χ2v) is 6.29. The number of hydrogen-bond acceptors (Lipinski definition) is 4. The number of benzene rings is 2. The van der Waals surface area contributed by atoms with Crippen LogP contribution in [0.3, 0.4) is 0 Å². The molecule has 0 aliphatic carbocycles. The molecule has 0 saturated carbocycles. The predicted octanol–water partition coefficient (Wildman–Crippen LogP) is 1.92. The third-order valence-electron chi connectivity index (χ3n) is 4.48. The SMILES string of the molecule is CCOC(=O)C[C@@H](NC(=O)C(C)(c1ccccc1)c1ccccc1)C(N)=O. The van der Waals surface area contributed by atoms with Crippen molar-refractivity contribution < 1.29 is 19.1 Å². The van der Waals surface area contributed by atoms with Crippen LogP contribution < -0.4 is 11.1 Å². The minimum atomic E-state index is -1.15. The van der Waals surface area contributed by atoms with Gasteiger partial charge >= 0.3 is 5.97 Å². The van der Waals surface area contributed by atoms with Crippen LogP contribution in [0.1, 0.15) is 31.4 Å². The number of amides is 2.